The third kappa shape index (κ3) is 3.00. The average molecular weight is 296 g/mol. The fourth-order valence-corrected chi connectivity index (χ4v) is 3.45. The SMILES string of the molecule is CN(C)CCN1C(=O)C(c2ccccc2)CC2C=CC=CC21. The number of hydrogen-bond donors (Lipinski definition) is 0. The van der Waals surface area contributed by atoms with Gasteiger partial charge in [0.25, 0.3) is 0 Å². The van der Waals surface area contributed by atoms with Gasteiger partial charge in [-0.15, -0.1) is 0 Å². The molecule has 0 N–H and O–H groups in total. The second-order valence-corrected chi connectivity index (χ2v) is 6.46. The lowest BCUT2D eigenvalue weighted by molar-refractivity contribution is -0.138. The van der Waals surface area contributed by atoms with Crippen molar-refractivity contribution >= 4 is 5.91 Å². The molecule has 1 amide bonds. The van der Waals surface area contributed by atoms with Crippen molar-refractivity contribution in [3.8, 4) is 0 Å². The predicted molar refractivity (Wildman–Crippen MR) is 89.6 cm³/mol. The van der Waals surface area contributed by atoms with Crippen LogP contribution in [-0.2, 0) is 4.79 Å². The van der Waals surface area contributed by atoms with E-state index in [4.69, 9.17) is 0 Å². The number of benzene rings is 1. The first-order valence-corrected chi connectivity index (χ1v) is 8.02. The van der Waals surface area contributed by atoms with Gasteiger partial charge in [0.1, 0.15) is 0 Å². The number of allylic oxidation sites excluding steroid dienone is 2. The van der Waals surface area contributed by atoms with Crippen LogP contribution in [0.2, 0.25) is 0 Å². The summed E-state index contributed by atoms with van der Waals surface area (Å²) in [5.74, 6) is 0.685. The highest BCUT2D eigenvalue weighted by atomic mass is 16.2. The zero-order chi connectivity index (χ0) is 15.5. The number of carbonyl (C=O) groups is 1. The Morgan fingerprint density at radius 3 is 2.59 bits per heavy atom. The van der Waals surface area contributed by atoms with E-state index in [1.54, 1.807) is 0 Å². The van der Waals surface area contributed by atoms with E-state index in [9.17, 15) is 4.79 Å². The van der Waals surface area contributed by atoms with Crippen LogP contribution in [0.5, 0.6) is 0 Å². The van der Waals surface area contributed by atoms with E-state index in [0.29, 0.717) is 5.92 Å². The van der Waals surface area contributed by atoms with E-state index in [0.717, 1.165) is 25.1 Å². The summed E-state index contributed by atoms with van der Waals surface area (Å²) < 4.78 is 0. The fourth-order valence-electron chi connectivity index (χ4n) is 3.45. The Hall–Kier alpha value is -1.87. The van der Waals surface area contributed by atoms with Gasteiger partial charge >= 0.3 is 0 Å². The van der Waals surface area contributed by atoms with Crippen LogP contribution < -0.4 is 0 Å². The molecule has 0 aromatic heterocycles. The van der Waals surface area contributed by atoms with E-state index in [1.165, 1.54) is 0 Å². The maximum Gasteiger partial charge on any atom is 0.230 e. The Morgan fingerprint density at radius 2 is 1.86 bits per heavy atom. The molecule has 0 spiro atoms. The molecule has 0 bridgehead atoms. The van der Waals surface area contributed by atoms with Crippen LogP contribution in [0.3, 0.4) is 0 Å². The van der Waals surface area contributed by atoms with E-state index in [1.807, 2.05) is 18.2 Å². The maximum atomic E-state index is 13.0. The van der Waals surface area contributed by atoms with Crippen molar-refractivity contribution in [3.05, 3.63) is 60.2 Å². The standard InChI is InChI=1S/C19H24N2O/c1-20(2)12-13-21-18-11-7-6-10-16(18)14-17(19(21)22)15-8-4-3-5-9-15/h3-11,16-18H,12-14H2,1-2H3. The second-order valence-electron chi connectivity index (χ2n) is 6.46. The van der Waals surface area contributed by atoms with E-state index < -0.39 is 0 Å². The normalized spacial score (nSPS) is 27.3. The number of hydrogen-bond acceptors (Lipinski definition) is 2. The molecule has 3 heteroatoms. The molecule has 0 radical (unpaired) electrons. The van der Waals surface area contributed by atoms with Crippen molar-refractivity contribution in [2.75, 3.05) is 27.2 Å². The van der Waals surface area contributed by atoms with Gasteiger partial charge in [0.15, 0.2) is 0 Å². The van der Waals surface area contributed by atoms with Crippen LogP contribution >= 0.6 is 0 Å². The topological polar surface area (TPSA) is 23.6 Å². The predicted octanol–water partition coefficient (Wildman–Crippen LogP) is 2.67. The second kappa shape index (κ2) is 6.49. The first-order chi connectivity index (χ1) is 10.7. The van der Waals surface area contributed by atoms with Gasteiger partial charge in [-0.05, 0) is 26.1 Å². The van der Waals surface area contributed by atoms with Crippen molar-refractivity contribution < 1.29 is 4.79 Å². The molecule has 1 heterocycles. The number of likely N-dealkylation sites (tertiary alicyclic amines) is 1. The van der Waals surface area contributed by atoms with Crippen LogP contribution in [0, 0.1) is 5.92 Å². The van der Waals surface area contributed by atoms with Gasteiger partial charge in [0, 0.05) is 19.0 Å². The first kappa shape index (κ1) is 15.0. The molecule has 1 saturated heterocycles. The first-order valence-electron chi connectivity index (χ1n) is 8.02. The summed E-state index contributed by atoms with van der Waals surface area (Å²) in [4.78, 5) is 17.3. The molecule has 1 aromatic carbocycles. The molecule has 1 aromatic rings. The summed E-state index contributed by atoms with van der Waals surface area (Å²) >= 11 is 0. The number of likely N-dealkylation sites (N-methyl/N-ethyl adjacent to an activating group) is 1. The summed E-state index contributed by atoms with van der Waals surface area (Å²) in [7, 11) is 4.11. The van der Waals surface area contributed by atoms with Crippen molar-refractivity contribution in [3.63, 3.8) is 0 Å². The molecule has 0 saturated carbocycles. The Bertz CT molecular complexity index is 576. The van der Waals surface area contributed by atoms with E-state index in [2.05, 4.69) is 60.3 Å². The highest BCUT2D eigenvalue weighted by Gasteiger charge is 2.40. The fraction of sp³-hybridized carbons (Fsp3) is 0.421. The van der Waals surface area contributed by atoms with Gasteiger partial charge < -0.3 is 9.80 Å². The zero-order valence-electron chi connectivity index (χ0n) is 13.4. The lowest BCUT2D eigenvalue weighted by Gasteiger charge is -2.43. The summed E-state index contributed by atoms with van der Waals surface area (Å²) in [6.45, 7) is 1.68. The largest absolute Gasteiger partial charge is 0.334 e. The van der Waals surface area contributed by atoms with E-state index in [-0.39, 0.29) is 17.9 Å². The molecule has 1 fully saturated rings. The van der Waals surface area contributed by atoms with Crippen LogP contribution in [0.4, 0.5) is 0 Å². The highest BCUT2D eigenvalue weighted by Crippen LogP contribution is 2.37. The number of rotatable bonds is 4. The van der Waals surface area contributed by atoms with Gasteiger partial charge in [0.05, 0.1) is 12.0 Å². The third-order valence-electron chi connectivity index (χ3n) is 4.66. The van der Waals surface area contributed by atoms with Crippen LogP contribution in [-0.4, -0.2) is 48.9 Å². The average Bonchev–Trinajstić information content (AvgIpc) is 2.54. The van der Waals surface area contributed by atoms with Gasteiger partial charge in [-0.25, -0.2) is 0 Å². The smallest absolute Gasteiger partial charge is 0.230 e. The molecule has 3 unspecified atom stereocenters. The third-order valence-corrected chi connectivity index (χ3v) is 4.66. The molecule has 2 aliphatic rings. The number of nitrogens with zero attached hydrogens (tertiary/aromatic N) is 2. The molecule has 1 aliphatic heterocycles. The Balaban J connectivity index is 1.86. The number of amides is 1. The maximum absolute atomic E-state index is 13.0. The number of carbonyl (C=O) groups excluding carboxylic acids is 1. The van der Waals surface area contributed by atoms with Crippen molar-refractivity contribution in [1.29, 1.82) is 0 Å². The Labute approximate surface area is 132 Å². The molecule has 1 aliphatic carbocycles. The minimum Gasteiger partial charge on any atom is -0.334 e. The lowest BCUT2D eigenvalue weighted by atomic mass is 9.77. The minimum atomic E-state index is -0.0132. The van der Waals surface area contributed by atoms with Crippen LogP contribution in [0.15, 0.2) is 54.6 Å². The molecule has 116 valence electrons. The van der Waals surface area contributed by atoms with Crippen molar-refractivity contribution in [2.24, 2.45) is 5.92 Å². The van der Waals surface area contributed by atoms with Crippen molar-refractivity contribution in [2.45, 2.75) is 18.4 Å². The molecule has 3 rings (SSSR count). The summed E-state index contributed by atoms with van der Waals surface area (Å²) in [6.07, 6.45) is 9.53. The minimum absolute atomic E-state index is 0.0132. The molecular weight excluding hydrogens is 272 g/mol. The number of fused-ring (bicyclic) bond motifs is 1. The van der Waals surface area contributed by atoms with E-state index >= 15 is 0 Å². The van der Waals surface area contributed by atoms with Crippen LogP contribution in [0.1, 0.15) is 17.9 Å². The lowest BCUT2D eigenvalue weighted by Crippen LogP contribution is -2.52. The Morgan fingerprint density at radius 1 is 1.14 bits per heavy atom. The van der Waals surface area contributed by atoms with Crippen LogP contribution in [0.25, 0.3) is 0 Å². The molecule has 22 heavy (non-hydrogen) atoms. The molecule has 3 nitrogen and oxygen atoms in total. The van der Waals surface area contributed by atoms with Gasteiger partial charge in [-0.1, -0.05) is 54.6 Å². The summed E-state index contributed by atoms with van der Waals surface area (Å²) in [5, 5.41) is 0. The monoisotopic (exact) mass is 296 g/mol. The van der Waals surface area contributed by atoms with Gasteiger partial charge in [-0.2, -0.15) is 0 Å². The quantitative estimate of drug-likeness (QED) is 0.853. The van der Waals surface area contributed by atoms with Gasteiger partial charge in [0.2, 0.25) is 5.91 Å². The van der Waals surface area contributed by atoms with Crippen molar-refractivity contribution in [1.82, 2.24) is 9.80 Å². The number of piperidine rings is 1. The zero-order valence-corrected chi connectivity index (χ0v) is 13.4. The molecule has 3 atom stereocenters. The summed E-state index contributed by atoms with van der Waals surface area (Å²) in [5.41, 5.74) is 1.14. The molecular formula is C19H24N2O. The van der Waals surface area contributed by atoms with Gasteiger partial charge in [-0.3, -0.25) is 4.79 Å². The highest BCUT2D eigenvalue weighted by molar-refractivity contribution is 5.85. The summed E-state index contributed by atoms with van der Waals surface area (Å²) in [6, 6.07) is 10.4. The Kier molecular flexibility index (Phi) is 4.44.